The van der Waals surface area contributed by atoms with Gasteiger partial charge in [0.2, 0.25) is 0 Å². The number of terminal acetylenes is 1. The Labute approximate surface area is 124 Å². The van der Waals surface area contributed by atoms with Crippen LogP contribution in [0.3, 0.4) is 0 Å². The smallest absolute Gasteiger partial charge is 0.260 e. The Hall–Kier alpha value is -2.54. The number of aryl methyl sites for hydroxylation is 1. The summed E-state index contributed by atoms with van der Waals surface area (Å²) >= 11 is 0. The first-order chi connectivity index (χ1) is 10.1. The molecule has 108 valence electrons. The number of carbonyl (C=O) groups excluding carboxylic acids is 1. The van der Waals surface area contributed by atoms with Crippen LogP contribution in [-0.2, 0) is 4.79 Å². The van der Waals surface area contributed by atoms with Crippen LogP contribution < -0.4 is 10.1 Å². The van der Waals surface area contributed by atoms with Gasteiger partial charge in [-0.3, -0.25) is 9.78 Å². The molecule has 1 unspecified atom stereocenters. The van der Waals surface area contributed by atoms with Gasteiger partial charge in [0.25, 0.3) is 5.91 Å². The zero-order chi connectivity index (χ0) is 15.4. The number of carbonyl (C=O) groups is 1. The van der Waals surface area contributed by atoms with Gasteiger partial charge in [0.1, 0.15) is 5.75 Å². The number of aromatic nitrogens is 1. The molecule has 4 nitrogen and oxygen atoms in total. The molecule has 0 spiro atoms. The molecule has 0 aliphatic heterocycles. The lowest BCUT2D eigenvalue weighted by atomic mass is 10.1. The number of likely N-dealkylation sites (N-methyl/N-ethyl adjacent to an activating group) is 1. The van der Waals surface area contributed by atoms with Gasteiger partial charge in [0.05, 0.1) is 5.52 Å². The summed E-state index contributed by atoms with van der Waals surface area (Å²) in [5.41, 5.74) is 2.59. The lowest BCUT2D eigenvalue weighted by Gasteiger charge is -2.17. The van der Waals surface area contributed by atoms with E-state index in [1.165, 1.54) is 0 Å². The Bertz CT molecular complexity index is 717. The molecule has 2 aromatic rings. The second-order valence-electron chi connectivity index (χ2n) is 4.81. The maximum Gasteiger partial charge on any atom is 0.260 e. The maximum absolute atomic E-state index is 11.7. The van der Waals surface area contributed by atoms with Crippen LogP contribution in [0, 0.1) is 19.3 Å². The van der Waals surface area contributed by atoms with Gasteiger partial charge in [0.15, 0.2) is 6.10 Å². The van der Waals surface area contributed by atoms with Crippen molar-refractivity contribution >= 4 is 16.8 Å². The summed E-state index contributed by atoms with van der Waals surface area (Å²) in [4.78, 5) is 16.1. The molecule has 0 fully saturated rings. The third kappa shape index (κ3) is 3.14. The molecule has 0 saturated carbocycles. The molecule has 21 heavy (non-hydrogen) atoms. The van der Waals surface area contributed by atoms with E-state index >= 15 is 0 Å². The van der Waals surface area contributed by atoms with E-state index in [1.54, 1.807) is 13.2 Å². The van der Waals surface area contributed by atoms with Crippen LogP contribution in [0.15, 0.2) is 24.4 Å². The van der Waals surface area contributed by atoms with Gasteiger partial charge in [-0.05, 0) is 37.1 Å². The molecular formula is C17H18N2O2. The van der Waals surface area contributed by atoms with Crippen molar-refractivity contribution in [3.05, 3.63) is 35.5 Å². The number of hydrogen-bond acceptors (Lipinski definition) is 3. The van der Waals surface area contributed by atoms with E-state index in [4.69, 9.17) is 11.2 Å². The number of hydrogen-bond donors (Lipinski definition) is 1. The highest BCUT2D eigenvalue weighted by Gasteiger charge is 2.17. The summed E-state index contributed by atoms with van der Waals surface area (Å²) in [7, 11) is 1.60. The van der Waals surface area contributed by atoms with Crippen LogP contribution in [0.1, 0.15) is 24.5 Å². The number of pyridine rings is 1. The normalized spacial score (nSPS) is 11.7. The fourth-order valence-electron chi connectivity index (χ4n) is 2.19. The Kier molecular flexibility index (Phi) is 4.44. The fraction of sp³-hybridized carbons (Fsp3) is 0.294. The summed E-state index contributed by atoms with van der Waals surface area (Å²) in [6.45, 7) is 3.87. The first-order valence-corrected chi connectivity index (χ1v) is 6.84. The fourth-order valence-corrected chi connectivity index (χ4v) is 2.19. The molecule has 0 aliphatic rings. The Morgan fingerprint density at radius 1 is 1.48 bits per heavy atom. The highest BCUT2D eigenvalue weighted by Crippen LogP contribution is 2.25. The molecular weight excluding hydrogens is 264 g/mol. The molecule has 4 heteroatoms. The van der Waals surface area contributed by atoms with Gasteiger partial charge >= 0.3 is 0 Å². The van der Waals surface area contributed by atoms with Crippen molar-refractivity contribution in [2.24, 2.45) is 0 Å². The topological polar surface area (TPSA) is 51.2 Å². The van der Waals surface area contributed by atoms with E-state index in [0.717, 1.165) is 22.0 Å². The van der Waals surface area contributed by atoms with Crippen LogP contribution in [0.25, 0.3) is 10.9 Å². The van der Waals surface area contributed by atoms with Crippen LogP contribution in [0.4, 0.5) is 0 Å². The summed E-state index contributed by atoms with van der Waals surface area (Å²) < 4.78 is 5.79. The molecule has 1 N–H and O–H groups in total. The molecule has 1 aromatic heterocycles. The van der Waals surface area contributed by atoms with E-state index in [9.17, 15) is 4.79 Å². The van der Waals surface area contributed by atoms with Gasteiger partial charge in [-0.1, -0.05) is 12.8 Å². The molecule has 2 rings (SSSR count). The number of nitrogens with one attached hydrogen (secondary N) is 1. The molecule has 1 aromatic carbocycles. The van der Waals surface area contributed by atoms with Crippen molar-refractivity contribution in [2.45, 2.75) is 26.4 Å². The SMILES string of the molecule is C#Cc1cnc2c(C)cc(OC(CC)C(=O)NC)cc2c1. The van der Waals surface area contributed by atoms with E-state index in [0.29, 0.717) is 12.2 Å². The summed E-state index contributed by atoms with van der Waals surface area (Å²) in [5.74, 6) is 3.08. The van der Waals surface area contributed by atoms with E-state index < -0.39 is 6.10 Å². The summed E-state index contributed by atoms with van der Waals surface area (Å²) in [5, 5.41) is 3.51. The Balaban J connectivity index is 2.41. The van der Waals surface area contributed by atoms with Crippen LogP contribution in [-0.4, -0.2) is 24.0 Å². The molecule has 0 aliphatic carbocycles. The Morgan fingerprint density at radius 2 is 2.24 bits per heavy atom. The average molecular weight is 282 g/mol. The van der Waals surface area contributed by atoms with E-state index in [1.807, 2.05) is 32.0 Å². The minimum Gasteiger partial charge on any atom is -0.481 e. The van der Waals surface area contributed by atoms with Crippen molar-refractivity contribution in [3.8, 4) is 18.1 Å². The third-order valence-electron chi connectivity index (χ3n) is 3.30. The number of amides is 1. The molecule has 1 amide bonds. The van der Waals surface area contributed by atoms with E-state index in [-0.39, 0.29) is 5.91 Å². The molecule has 0 saturated heterocycles. The highest BCUT2D eigenvalue weighted by molar-refractivity contribution is 5.85. The first kappa shape index (κ1) is 14.9. The standard InChI is InChI=1S/C17H18N2O2/c1-5-12-8-13-9-14(7-11(3)16(13)19-10-12)21-15(6-2)17(20)18-4/h1,7-10,15H,6H2,2-4H3,(H,18,20). The van der Waals surface area contributed by atoms with Gasteiger partial charge in [-0.25, -0.2) is 0 Å². The monoisotopic (exact) mass is 282 g/mol. The average Bonchev–Trinajstić information content (AvgIpc) is 2.51. The predicted octanol–water partition coefficient (Wildman–Crippen LogP) is 2.43. The van der Waals surface area contributed by atoms with Gasteiger partial charge in [-0.2, -0.15) is 0 Å². The van der Waals surface area contributed by atoms with Crippen molar-refractivity contribution in [2.75, 3.05) is 7.05 Å². The number of rotatable bonds is 4. The second kappa shape index (κ2) is 6.27. The number of benzene rings is 1. The van der Waals surface area contributed by atoms with Gasteiger partial charge in [0, 0.05) is 24.2 Å². The lowest BCUT2D eigenvalue weighted by Crippen LogP contribution is -2.35. The number of nitrogens with zero attached hydrogens (tertiary/aromatic N) is 1. The van der Waals surface area contributed by atoms with Crippen molar-refractivity contribution in [3.63, 3.8) is 0 Å². The zero-order valence-electron chi connectivity index (χ0n) is 12.4. The maximum atomic E-state index is 11.7. The Morgan fingerprint density at radius 3 is 2.86 bits per heavy atom. The van der Waals surface area contributed by atoms with Crippen molar-refractivity contribution in [1.29, 1.82) is 0 Å². The first-order valence-electron chi connectivity index (χ1n) is 6.84. The predicted molar refractivity (Wildman–Crippen MR) is 83.2 cm³/mol. The second-order valence-corrected chi connectivity index (χ2v) is 4.81. The minimum atomic E-state index is -0.504. The minimum absolute atomic E-state index is 0.134. The largest absolute Gasteiger partial charge is 0.481 e. The van der Waals surface area contributed by atoms with Gasteiger partial charge in [-0.15, -0.1) is 6.42 Å². The van der Waals surface area contributed by atoms with Crippen LogP contribution >= 0.6 is 0 Å². The lowest BCUT2D eigenvalue weighted by molar-refractivity contribution is -0.127. The van der Waals surface area contributed by atoms with Crippen molar-refractivity contribution in [1.82, 2.24) is 10.3 Å². The van der Waals surface area contributed by atoms with Crippen LogP contribution in [0.2, 0.25) is 0 Å². The van der Waals surface area contributed by atoms with E-state index in [2.05, 4.69) is 16.2 Å². The summed E-state index contributed by atoms with van der Waals surface area (Å²) in [6, 6.07) is 5.64. The van der Waals surface area contributed by atoms with Crippen LogP contribution in [0.5, 0.6) is 5.75 Å². The molecule has 0 bridgehead atoms. The van der Waals surface area contributed by atoms with Crippen molar-refractivity contribution < 1.29 is 9.53 Å². The molecule has 1 heterocycles. The number of ether oxygens (including phenoxy) is 1. The summed E-state index contributed by atoms with van der Waals surface area (Å²) in [6.07, 6.45) is 7.17. The molecule has 0 radical (unpaired) electrons. The third-order valence-corrected chi connectivity index (χ3v) is 3.30. The number of fused-ring (bicyclic) bond motifs is 1. The van der Waals surface area contributed by atoms with Gasteiger partial charge < -0.3 is 10.1 Å². The zero-order valence-corrected chi connectivity index (χ0v) is 12.4. The quantitative estimate of drug-likeness (QED) is 0.876. The molecule has 1 atom stereocenters. The highest BCUT2D eigenvalue weighted by atomic mass is 16.5.